The molecule has 1 rings (SSSR count). The Bertz CT molecular complexity index is 437. The average Bonchev–Trinajstić information content (AvgIpc) is 2.51. The largest absolute Gasteiger partial charge is 0.461 e. The van der Waals surface area contributed by atoms with Crippen LogP contribution in [0.1, 0.15) is 70.1 Å². The Morgan fingerprint density at radius 2 is 1.86 bits per heavy atom. The number of hydrogen-bond acceptors (Lipinski definition) is 2. The predicted octanol–water partition coefficient (Wildman–Crippen LogP) is 5.07. The van der Waals surface area contributed by atoms with Crippen molar-refractivity contribution in [3.63, 3.8) is 0 Å². The van der Waals surface area contributed by atoms with Crippen molar-refractivity contribution < 1.29 is 9.53 Å². The molecule has 0 amide bonds. The maximum absolute atomic E-state index is 12.1. The monoisotopic (exact) mass is 290 g/mol. The molecule has 0 aromatic heterocycles. The molecule has 1 unspecified atom stereocenters. The molecule has 21 heavy (non-hydrogen) atoms. The van der Waals surface area contributed by atoms with E-state index in [1.807, 2.05) is 0 Å². The van der Waals surface area contributed by atoms with Crippen LogP contribution < -0.4 is 0 Å². The van der Waals surface area contributed by atoms with Gasteiger partial charge in [0.25, 0.3) is 0 Å². The zero-order valence-electron chi connectivity index (χ0n) is 14.1. The zero-order valence-corrected chi connectivity index (χ0v) is 14.1. The van der Waals surface area contributed by atoms with Crippen LogP contribution in [-0.2, 0) is 29.0 Å². The number of esters is 1. The summed E-state index contributed by atoms with van der Waals surface area (Å²) in [6, 6.07) is 6.57. The molecule has 0 saturated heterocycles. The Hall–Kier alpha value is -1.31. The number of rotatable bonds is 9. The van der Waals surface area contributed by atoms with Crippen LogP contribution in [0.5, 0.6) is 0 Å². The fourth-order valence-corrected chi connectivity index (χ4v) is 2.65. The molecule has 0 aliphatic carbocycles. The molecule has 2 nitrogen and oxygen atoms in total. The normalized spacial score (nSPS) is 12.2. The highest BCUT2D eigenvalue weighted by molar-refractivity contribution is 5.72. The Kier molecular flexibility index (Phi) is 8.11. The quantitative estimate of drug-likeness (QED) is 0.593. The summed E-state index contributed by atoms with van der Waals surface area (Å²) in [5.41, 5.74) is 3.79. The molecule has 0 radical (unpaired) electrons. The molecule has 0 heterocycles. The Morgan fingerprint density at radius 1 is 1.10 bits per heavy atom. The van der Waals surface area contributed by atoms with Gasteiger partial charge in [-0.05, 0) is 42.4 Å². The lowest BCUT2D eigenvalue weighted by Crippen LogP contribution is -2.17. The van der Waals surface area contributed by atoms with Crippen molar-refractivity contribution in [2.75, 3.05) is 0 Å². The summed E-state index contributed by atoms with van der Waals surface area (Å²) in [5.74, 6) is 0.0164. The van der Waals surface area contributed by atoms with Gasteiger partial charge in [-0.3, -0.25) is 4.79 Å². The van der Waals surface area contributed by atoms with Crippen LogP contribution >= 0.6 is 0 Å². The molecule has 1 aromatic carbocycles. The number of carbonyl (C=O) groups is 1. The molecular weight excluding hydrogens is 260 g/mol. The van der Waals surface area contributed by atoms with E-state index in [2.05, 4.69) is 45.9 Å². The summed E-state index contributed by atoms with van der Waals surface area (Å²) < 4.78 is 5.58. The first-order valence-corrected chi connectivity index (χ1v) is 8.43. The van der Waals surface area contributed by atoms with Gasteiger partial charge >= 0.3 is 5.97 Å². The SMILES string of the molecule is CCCc1ccc(CC)cc1COC(=O)C(CC)CCC. The van der Waals surface area contributed by atoms with E-state index >= 15 is 0 Å². The van der Waals surface area contributed by atoms with Gasteiger partial charge in [-0.15, -0.1) is 0 Å². The first-order chi connectivity index (χ1) is 10.2. The Balaban J connectivity index is 2.74. The molecule has 118 valence electrons. The maximum atomic E-state index is 12.1. The first kappa shape index (κ1) is 17.7. The topological polar surface area (TPSA) is 26.3 Å². The molecular formula is C19H30O2. The molecule has 0 N–H and O–H groups in total. The second kappa shape index (κ2) is 9.59. The molecule has 0 aliphatic rings. The van der Waals surface area contributed by atoms with Gasteiger partial charge in [-0.25, -0.2) is 0 Å². The highest BCUT2D eigenvalue weighted by atomic mass is 16.5. The molecule has 0 bridgehead atoms. The van der Waals surface area contributed by atoms with Crippen LogP contribution in [0.25, 0.3) is 0 Å². The van der Waals surface area contributed by atoms with E-state index in [4.69, 9.17) is 4.74 Å². The summed E-state index contributed by atoms with van der Waals surface area (Å²) in [7, 11) is 0. The number of ether oxygens (including phenoxy) is 1. The van der Waals surface area contributed by atoms with Crippen LogP contribution in [0.3, 0.4) is 0 Å². The Morgan fingerprint density at radius 3 is 2.43 bits per heavy atom. The third-order valence-electron chi connectivity index (χ3n) is 4.03. The summed E-state index contributed by atoms with van der Waals surface area (Å²) in [5, 5.41) is 0. The lowest BCUT2D eigenvalue weighted by Gasteiger charge is -2.15. The molecule has 0 saturated carbocycles. The third kappa shape index (κ3) is 5.53. The van der Waals surface area contributed by atoms with Gasteiger partial charge in [0.1, 0.15) is 6.61 Å². The summed E-state index contributed by atoms with van der Waals surface area (Å²) >= 11 is 0. The maximum Gasteiger partial charge on any atom is 0.309 e. The fraction of sp³-hybridized carbons (Fsp3) is 0.632. The molecule has 1 atom stereocenters. The molecule has 2 heteroatoms. The van der Waals surface area contributed by atoms with Crippen LogP contribution in [0.15, 0.2) is 18.2 Å². The second-order valence-corrected chi connectivity index (χ2v) is 5.71. The number of hydrogen-bond donors (Lipinski definition) is 0. The zero-order chi connectivity index (χ0) is 15.7. The third-order valence-corrected chi connectivity index (χ3v) is 4.03. The van der Waals surface area contributed by atoms with Gasteiger partial charge in [0.15, 0.2) is 0 Å². The van der Waals surface area contributed by atoms with Crippen LogP contribution in [0, 0.1) is 5.92 Å². The minimum Gasteiger partial charge on any atom is -0.461 e. The van der Waals surface area contributed by atoms with E-state index in [1.54, 1.807) is 0 Å². The van der Waals surface area contributed by atoms with Crippen LogP contribution in [0.2, 0.25) is 0 Å². The highest BCUT2D eigenvalue weighted by Gasteiger charge is 2.17. The van der Waals surface area contributed by atoms with Crippen molar-refractivity contribution in [2.24, 2.45) is 5.92 Å². The minimum atomic E-state index is -0.0382. The van der Waals surface area contributed by atoms with Crippen LogP contribution in [0.4, 0.5) is 0 Å². The van der Waals surface area contributed by atoms with Gasteiger partial charge in [0.2, 0.25) is 0 Å². The summed E-state index contributed by atoms with van der Waals surface area (Å²) in [6.07, 6.45) is 5.99. The summed E-state index contributed by atoms with van der Waals surface area (Å²) in [6.45, 7) is 8.92. The van der Waals surface area contributed by atoms with Crippen molar-refractivity contribution >= 4 is 5.97 Å². The Labute approximate surface area is 129 Å². The van der Waals surface area contributed by atoms with E-state index in [0.29, 0.717) is 6.61 Å². The van der Waals surface area contributed by atoms with Crippen molar-refractivity contribution in [2.45, 2.75) is 72.8 Å². The van der Waals surface area contributed by atoms with Crippen molar-refractivity contribution in [3.05, 3.63) is 34.9 Å². The number of carbonyl (C=O) groups excluding carboxylic acids is 1. The van der Waals surface area contributed by atoms with E-state index < -0.39 is 0 Å². The van der Waals surface area contributed by atoms with Crippen molar-refractivity contribution in [1.29, 1.82) is 0 Å². The first-order valence-electron chi connectivity index (χ1n) is 8.43. The number of benzene rings is 1. The van der Waals surface area contributed by atoms with Crippen LogP contribution in [-0.4, -0.2) is 5.97 Å². The van der Waals surface area contributed by atoms with E-state index in [1.165, 1.54) is 16.7 Å². The van der Waals surface area contributed by atoms with Gasteiger partial charge in [-0.2, -0.15) is 0 Å². The van der Waals surface area contributed by atoms with Gasteiger partial charge in [-0.1, -0.05) is 58.7 Å². The fourth-order valence-electron chi connectivity index (χ4n) is 2.65. The van der Waals surface area contributed by atoms with E-state index in [0.717, 1.165) is 38.5 Å². The lowest BCUT2D eigenvalue weighted by atomic mass is 9.99. The number of aryl methyl sites for hydroxylation is 2. The standard InChI is InChI=1S/C19H30O2/c1-5-9-16(8-4)19(20)21-14-18-13-15(7-3)11-12-17(18)10-6-2/h11-13,16H,5-10,14H2,1-4H3. The van der Waals surface area contributed by atoms with E-state index in [9.17, 15) is 4.79 Å². The van der Waals surface area contributed by atoms with Gasteiger partial charge in [0.05, 0.1) is 5.92 Å². The molecule has 0 fully saturated rings. The second-order valence-electron chi connectivity index (χ2n) is 5.71. The average molecular weight is 290 g/mol. The molecule has 0 spiro atoms. The lowest BCUT2D eigenvalue weighted by molar-refractivity contribution is -0.150. The predicted molar refractivity (Wildman–Crippen MR) is 88.3 cm³/mol. The van der Waals surface area contributed by atoms with Crippen molar-refractivity contribution in [1.82, 2.24) is 0 Å². The van der Waals surface area contributed by atoms with Gasteiger partial charge in [0, 0.05) is 0 Å². The van der Waals surface area contributed by atoms with E-state index in [-0.39, 0.29) is 11.9 Å². The molecule has 0 aliphatic heterocycles. The van der Waals surface area contributed by atoms with Crippen molar-refractivity contribution in [3.8, 4) is 0 Å². The highest BCUT2D eigenvalue weighted by Crippen LogP contribution is 2.18. The summed E-state index contributed by atoms with van der Waals surface area (Å²) in [4.78, 5) is 12.1. The van der Waals surface area contributed by atoms with Gasteiger partial charge < -0.3 is 4.74 Å². The molecule has 1 aromatic rings. The smallest absolute Gasteiger partial charge is 0.309 e. The minimum absolute atomic E-state index is 0.0382.